The molecule has 0 saturated carbocycles. The van der Waals surface area contributed by atoms with E-state index in [0.717, 1.165) is 72.3 Å². The minimum Gasteiger partial charge on any atom is -0.497 e. The van der Waals surface area contributed by atoms with E-state index in [2.05, 4.69) is 29.3 Å². The third-order valence-electron chi connectivity index (χ3n) is 5.90. The van der Waals surface area contributed by atoms with Crippen molar-refractivity contribution >= 4 is 39.1 Å². The highest BCUT2D eigenvalue weighted by molar-refractivity contribution is 6.31. The van der Waals surface area contributed by atoms with Gasteiger partial charge in [0.15, 0.2) is 0 Å². The number of methoxy groups -OCH3 is 1. The van der Waals surface area contributed by atoms with Crippen LogP contribution in [0.15, 0.2) is 60.7 Å². The maximum atomic E-state index is 9.19. The molecule has 1 heterocycles. The summed E-state index contributed by atoms with van der Waals surface area (Å²) in [5.74, 6) is 0.805. The van der Waals surface area contributed by atoms with Crippen LogP contribution in [0.1, 0.15) is 30.9 Å². The van der Waals surface area contributed by atoms with Gasteiger partial charge in [0, 0.05) is 35.4 Å². The Balaban J connectivity index is 1.50. The van der Waals surface area contributed by atoms with Gasteiger partial charge in [-0.3, -0.25) is 4.90 Å². The lowest BCUT2D eigenvalue weighted by molar-refractivity contribution is 0.265. The molecule has 0 aliphatic carbocycles. The number of hydrogen-bond donors (Lipinski definition) is 1. The van der Waals surface area contributed by atoms with Gasteiger partial charge in [-0.15, -0.1) is 0 Å². The van der Waals surface area contributed by atoms with E-state index in [1.807, 2.05) is 54.6 Å². The highest BCUT2D eigenvalue weighted by Crippen LogP contribution is 2.34. The zero-order valence-corrected chi connectivity index (χ0v) is 20.4. The van der Waals surface area contributed by atoms with Crippen LogP contribution in [-0.2, 0) is 6.54 Å². The number of benzene rings is 3. The van der Waals surface area contributed by atoms with Gasteiger partial charge in [0.05, 0.1) is 35.5 Å². The summed E-state index contributed by atoms with van der Waals surface area (Å²) in [5.41, 5.74) is 4.72. The Kier molecular flexibility index (Phi) is 7.84. The van der Waals surface area contributed by atoms with Crippen molar-refractivity contribution in [1.29, 1.82) is 5.26 Å². The highest BCUT2D eigenvalue weighted by atomic mass is 35.5. The largest absolute Gasteiger partial charge is 0.497 e. The van der Waals surface area contributed by atoms with Gasteiger partial charge in [-0.2, -0.15) is 5.26 Å². The molecule has 0 fully saturated rings. The molecule has 4 rings (SSSR count). The second-order valence-electron chi connectivity index (χ2n) is 8.40. The standard InChI is InChI=1S/C28H29ClN4O/c1-3-13-33(19-21-7-4-6-20(15-21)18-30)14-5-12-31-28-24-10-8-22(29)16-27(24)32-26-11-9-23(34-2)17-25(26)28/h4,6-11,15-17H,3,5,12-14,19H2,1-2H3,(H,31,32). The molecule has 0 bridgehead atoms. The molecule has 0 spiro atoms. The lowest BCUT2D eigenvalue weighted by Gasteiger charge is -2.22. The molecule has 0 atom stereocenters. The van der Waals surface area contributed by atoms with E-state index in [0.29, 0.717) is 10.6 Å². The maximum absolute atomic E-state index is 9.19. The first-order valence-corrected chi connectivity index (χ1v) is 12.0. The minimum atomic E-state index is 0.675. The quantitative estimate of drug-likeness (QED) is 0.207. The van der Waals surface area contributed by atoms with Crippen LogP contribution in [0.25, 0.3) is 21.8 Å². The first-order chi connectivity index (χ1) is 16.6. The Morgan fingerprint density at radius 2 is 1.91 bits per heavy atom. The van der Waals surface area contributed by atoms with E-state index in [4.69, 9.17) is 21.3 Å². The molecule has 1 N–H and O–H groups in total. The molecule has 0 aliphatic rings. The first-order valence-electron chi connectivity index (χ1n) is 11.6. The minimum absolute atomic E-state index is 0.675. The van der Waals surface area contributed by atoms with Crippen molar-refractivity contribution in [3.05, 3.63) is 76.8 Å². The molecule has 34 heavy (non-hydrogen) atoms. The molecule has 174 valence electrons. The van der Waals surface area contributed by atoms with Crippen LogP contribution in [-0.4, -0.2) is 36.6 Å². The summed E-state index contributed by atoms with van der Waals surface area (Å²) >= 11 is 6.24. The summed E-state index contributed by atoms with van der Waals surface area (Å²) in [6, 6.07) is 21.9. The zero-order chi connectivity index (χ0) is 23.9. The monoisotopic (exact) mass is 472 g/mol. The van der Waals surface area contributed by atoms with Crippen molar-refractivity contribution in [2.24, 2.45) is 0 Å². The molecule has 0 amide bonds. The third kappa shape index (κ3) is 5.59. The van der Waals surface area contributed by atoms with Crippen molar-refractivity contribution in [2.45, 2.75) is 26.3 Å². The molecule has 0 radical (unpaired) electrons. The van der Waals surface area contributed by atoms with Crippen LogP contribution in [0.4, 0.5) is 5.69 Å². The summed E-state index contributed by atoms with van der Waals surface area (Å²) in [6.45, 7) is 5.86. The Bertz CT molecular complexity index is 1330. The van der Waals surface area contributed by atoms with Gasteiger partial charge in [0.25, 0.3) is 0 Å². The van der Waals surface area contributed by atoms with Crippen LogP contribution in [0.5, 0.6) is 5.75 Å². The van der Waals surface area contributed by atoms with Crippen molar-refractivity contribution in [3.63, 3.8) is 0 Å². The second-order valence-corrected chi connectivity index (χ2v) is 8.84. The van der Waals surface area contributed by atoms with Gasteiger partial charge in [0.2, 0.25) is 0 Å². The Hall–Kier alpha value is -3.33. The summed E-state index contributed by atoms with van der Waals surface area (Å²) in [7, 11) is 1.68. The topological polar surface area (TPSA) is 61.2 Å². The Morgan fingerprint density at radius 3 is 2.71 bits per heavy atom. The smallest absolute Gasteiger partial charge is 0.119 e. The molecule has 1 aromatic heterocycles. The first kappa shape index (κ1) is 23.8. The Morgan fingerprint density at radius 1 is 1.03 bits per heavy atom. The number of halogens is 1. The van der Waals surface area contributed by atoms with Gasteiger partial charge < -0.3 is 10.1 Å². The van der Waals surface area contributed by atoms with Gasteiger partial charge in [0.1, 0.15) is 5.75 Å². The highest BCUT2D eigenvalue weighted by Gasteiger charge is 2.12. The molecule has 0 aliphatic heterocycles. The van der Waals surface area contributed by atoms with E-state index < -0.39 is 0 Å². The van der Waals surface area contributed by atoms with Gasteiger partial charge in [-0.25, -0.2) is 4.98 Å². The summed E-state index contributed by atoms with van der Waals surface area (Å²) in [5, 5.41) is 15.6. The molecular weight excluding hydrogens is 444 g/mol. The summed E-state index contributed by atoms with van der Waals surface area (Å²) in [4.78, 5) is 7.25. The van der Waals surface area contributed by atoms with Crippen molar-refractivity contribution < 1.29 is 4.74 Å². The normalized spacial score (nSPS) is 11.1. The van der Waals surface area contributed by atoms with Gasteiger partial charge >= 0.3 is 0 Å². The van der Waals surface area contributed by atoms with E-state index in [-0.39, 0.29) is 0 Å². The number of nitrogens with one attached hydrogen (secondary N) is 1. The van der Waals surface area contributed by atoms with Gasteiger partial charge in [-0.05, 0) is 73.5 Å². The second kappa shape index (κ2) is 11.2. The van der Waals surface area contributed by atoms with Gasteiger partial charge in [-0.1, -0.05) is 30.7 Å². The number of ether oxygens (including phenoxy) is 1. The van der Waals surface area contributed by atoms with Crippen LogP contribution in [0.3, 0.4) is 0 Å². The number of anilines is 1. The van der Waals surface area contributed by atoms with Crippen LogP contribution < -0.4 is 10.1 Å². The third-order valence-corrected chi connectivity index (χ3v) is 6.13. The number of aromatic nitrogens is 1. The molecule has 3 aromatic carbocycles. The maximum Gasteiger partial charge on any atom is 0.119 e. The number of pyridine rings is 1. The van der Waals surface area contributed by atoms with Crippen molar-refractivity contribution in [1.82, 2.24) is 9.88 Å². The number of fused-ring (bicyclic) bond motifs is 2. The van der Waals surface area contributed by atoms with E-state index in [1.165, 1.54) is 5.56 Å². The predicted octanol–water partition coefficient (Wildman–Crippen LogP) is 6.64. The molecule has 5 nitrogen and oxygen atoms in total. The van der Waals surface area contributed by atoms with E-state index in [9.17, 15) is 5.26 Å². The number of rotatable bonds is 10. The number of nitriles is 1. The Labute approximate surface area is 205 Å². The average molecular weight is 473 g/mol. The molecule has 6 heteroatoms. The van der Waals surface area contributed by atoms with Crippen molar-refractivity contribution in [3.8, 4) is 11.8 Å². The van der Waals surface area contributed by atoms with E-state index in [1.54, 1.807) is 7.11 Å². The van der Waals surface area contributed by atoms with E-state index >= 15 is 0 Å². The SMILES string of the molecule is CCCN(CCCNc1c2ccc(Cl)cc2nc2ccc(OC)cc12)Cc1cccc(C#N)c1. The van der Waals surface area contributed by atoms with Crippen LogP contribution in [0, 0.1) is 11.3 Å². The predicted molar refractivity (Wildman–Crippen MR) is 141 cm³/mol. The number of hydrogen-bond acceptors (Lipinski definition) is 5. The molecule has 4 aromatic rings. The zero-order valence-electron chi connectivity index (χ0n) is 19.6. The summed E-state index contributed by atoms with van der Waals surface area (Å²) in [6.07, 6.45) is 2.08. The lowest BCUT2D eigenvalue weighted by atomic mass is 10.1. The lowest BCUT2D eigenvalue weighted by Crippen LogP contribution is -2.26. The summed E-state index contributed by atoms with van der Waals surface area (Å²) < 4.78 is 5.46. The number of nitrogens with zero attached hydrogens (tertiary/aromatic N) is 3. The van der Waals surface area contributed by atoms with Crippen LogP contribution in [0.2, 0.25) is 5.02 Å². The van der Waals surface area contributed by atoms with Crippen molar-refractivity contribution in [2.75, 3.05) is 32.1 Å². The van der Waals surface area contributed by atoms with Crippen LogP contribution >= 0.6 is 11.6 Å². The molecule has 0 saturated heterocycles. The fourth-order valence-electron chi connectivity index (χ4n) is 4.31. The molecular formula is C28H29ClN4O. The molecule has 0 unspecified atom stereocenters. The average Bonchev–Trinajstić information content (AvgIpc) is 2.85. The fourth-order valence-corrected chi connectivity index (χ4v) is 4.48. The fraction of sp³-hybridized carbons (Fsp3) is 0.286.